The summed E-state index contributed by atoms with van der Waals surface area (Å²) in [6.07, 6.45) is -1.51. The Morgan fingerprint density at radius 1 is 1.43 bits per heavy atom. The van der Waals surface area contributed by atoms with Gasteiger partial charge in [-0.2, -0.15) is 0 Å². The summed E-state index contributed by atoms with van der Waals surface area (Å²) in [6, 6.07) is 6.46. The number of anilines is 1. The lowest BCUT2D eigenvalue weighted by Crippen LogP contribution is -2.26. The molecule has 0 heterocycles. The molecule has 0 amide bonds. The lowest BCUT2D eigenvalue weighted by molar-refractivity contribution is -0.148. The number of nitrogens with two attached hydrogens (primary N) is 1. The molecule has 0 aromatic heterocycles. The minimum atomic E-state index is -1.51. The second-order valence-electron chi connectivity index (χ2n) is 2.73. The molecule has 0 bridgehead atoms. The van der Waals surface area contributed by atoms with E-state index in [9.17, 15) is 4.79 Å². The number of aliphatic hydroxyl groups is 1. The van der Waals surface area contributed by atoms with Crippen molar-refractivity contribution in [1.82, 2.24) is 0 Å². The largest absolute Gasteiger partial charge is 0.490 e. The summed E-state index contributed by atoms with van der Waals surface area (Å²) in [7, 11) is 0. The average Bonchev–Trinajstić information content (AvgIpc) is 2.16. The highest BCUT2D eigenvalue weighted by Crippen LogP contribution is 2.13. The predicted molar refractivity (Wildman–Crippen MR) is 50.0 cm³/mol. The summed E-state index contributed by atoms with van der Waals surface area (Å²) in [6.45, 7) is -0.279. The topological polar surface area (TPSA) is 92.8 Å². The van der Waals surface area contributed by atoms with Crippen LogP contribution in [0.2, 0.25) is 0 Å². The maximum atomic E-state index is 10.2. The molecular formula is C9H11NO4. The molecule has 1 aromatic carbocycles. The van der Waals surface area contributed by atoms with Gasteiger partial charge in [0.15, 0.2) is 6.10 Å². The minimum Gasteiger partial charge on any atom is -0.490 e. The molecule has 1 atom stereocenters. The Bertz CT molecular complexity index is 309. The molecule has 14 heavy (non-hydrogen) atoms. The van der Waals surface area contributed by atoms with Gasteiger partial charge in [-0.3, -0.25) is 0 Å². The van der Waals surface area contributed by atoms with Gasteiger partial charge in [-0.1, -0.05) is 0 Å². The van der Waals surface area contributed by atoms with Crippen LogP contribution < -0.4 is 10.5 Å². The highest BCUT2D eigenvalue weighted by molar-refractivity contribution is 5.72. The van der Waals surface area contributed by atoms with Crippen molar-refractivity contribution in [3.63, 3.8) is 0 Å². The number of benzene rings is 1. The third-order valence-electron chi connectivity index (χ3n) is 1.57. The first-order valence-corrected chi connectivity index (χ1v) is 3.99. The predicted octanol–water partition coefficient (Wildman–Crippen LogP) is 0.0931. The van der Waals surface area contributed by atoms with Crippen molar-refractivity contribution in [2.24, 2.45) is 0 Å². The second kappa shape index (κ2) is 4.48. The van der Waals surface area contributed by atoms with Gasteiger partial charge in [0.1, 0.15) is 12.4 Å². The molecule has 1 rings (SSSR count). The molecule has 4 N–H and O–H groups in total. The van der Waals surface area contributed by atoms with E-state index < -0.39 is 12.1 Å². The number of carboxylic acid groups (broad SMARTS) is 1. The number of ether oxygens (including phenoxy) is 1. The highest BCUT2D eigenvalue weighted by Gasteiger charge is 2.13. The van der Waals surface area contributed by atoms with E-state index in [0.717, 1.165) is 0 Å². The van der Waals surface area contributed by atoms with E-state index in [1.165, 1.54) is 0 Å². The minimum absolute atomic E-state index is 0.279. The van der Waals surface area contributed by atoms with Gasteiger partial charge in [-0.05, 0) is 24.3 Å². The van der Waals surface area contributed by atoms with E-state index in [2.05, 4.69) is 0 Å². The van der Waals surface area contributed by atoms with Crippen LogP contribution in [0.15, 0.2) is 24.3 Å². The molecule has 5 nitrogen and oxygen atoms in total. The van der Waals surface area contributed by atoms with Crippen molar-refractivity contribution in [2.45, 2.75) is 6.10 Å². The average molecular weight is 197 g/mol. The smallest absolute Gasteiger partial charge is 0.336 e. The van der Waals surface area contributed by atoms with Crippen LogP contribution in [0.5, 0.6) is 5.75 Å². The van der Waals surface area contributed by atoms with Crippen LogP contribution in [0, 0.1) is 0 Å². The third-order valence-corrected chi connectivity index (χ3v) is 1.57. The molecule has 0 fully saturated rings. The zero-order chi connectivity index (χ0) is 10.6. The highest BCUT2D eigenvalue weighted by atomic mass is 16.5. The van der Waals surface area contributed by atoms with Gasteiger partial charge >= 0.3 is 5.97 Å². The number of aliphatic carboxylic acids is 1. The maximum Gasteiger partial charge on any atom is 0.336 e. The second-order valence-corrected chi connectivity index (χ2v) is 2.73. The number of rotatable bonds is 4. The molecule has 5 heteroatoms. The zero-order valence-electron chi connectivity index (χ0n) is 7.38. The lowest BCUT2D eigenvalue weighted by atomic mass is 10.3. The van der Waals surface area contributed by atoms with Gasteiger partial charge in [0.25, 0.3) is 0 Å². The number of aliphatic hydroxyl groups excluding tert-OH is 1. The molecule has 1 aromatic rings. The molecule has 0 saturated carbocycles. The fraction of sp³-hybridized carbons (Fsp3) is 0.222. The van der Waals surface area contributed by atoms with Crippen molar-refractivity contribution in [3.05, 3.63) is 24.3 Å². The first-order chi connectivity index (χ1) is 6.59. The SMILES string of the molecule is Nc1ccc(OCC(O)C(=O)O)cc1. The molecule has 0 aliphatic carbocycles. The maximum absolute atomic E-state index is 10.2. The molecule has 0 aliphatic heterocycles. The van der Waals surface area contributed by atoms with E-state index >= 15 is 0 Å². The Hall–Kier alpha value is -1.75. The molecule has 0 radical (unpaired) electrons. The molecular weight excluding hydrogens is 186 g/mol. The van der Waals surface area contributed by atoms with Crippen LogP contribution in [0.25, 0.3) is 0 Å². The van der Waals surface area contributed by atoms with E-state index in [-0.39, 0.29) is 6.61 Å². The van der Waals surface area contributed by atoms with E-state index in [4.69, 9.17) is 20.7 Å². The number of carbonyl (C=O) groups is 1. The van der Waals surface area contributed by atoms with Crippen LogP contribution in [0.3, 0.4) is 0 Å². The molecule has 0 saturated heterocycles. The standard InChI is InChI=1S/C9H11NO4/c10-6-1-3-7(4-2-6)14-5-8(11)9(12)13/h1-4,8,11H,5,10H2,(H,12,13). The van der Waals surface area contributed by atoms with Crippen LogP contribution in [0.4, 0.5) is 5.69 Å². The number of hydrogen-bond acceptors (Lipinski definition) is 4. The van der Waals surface area contributed by atoms with E-state index in [1.54, 1.807) is 24.3 Å². The summed E-state index contributed by atoms with van der Waals surface area (Å²) >= 11 is 0. The van der Waals surface area contributed by atoms with Crippen molar-refractivity contribution in [2.75, 3.05) is 12.3 Å². The fourth-order valence-corrected chi connectivity index (χ4v) is 0.811. The summed E-state index contributed by atoms with van der Waals surface area (Å²) < 4.78 is 5.00. The van der Waals surface area contributed by atoms with Gasteiger partial charge in [0.05, 0.1) is 0 Å². The summed E-state index contributed by atoms with van der Waals surface area (Å²) in [5.74, 6) is -0.833. The Morgan fingerprint density at radius 2 is 2.00 bits per heavy atom. The normalized spacial score (nSPS) is 12.1. The van der Waals surface area contributed by atoms with Gasteiger partial charge in [-0.15, -0.1) is 0 Å². The monoisotopic (exact) mass is 197 g/mol. The fourth-order valence-electron chi connectivity index (χ4n) is 0.811. The van der Waals surface area contributed by atoms with Crippen molar-refractivity contribution in [3.8, 4) is 5.75 Å². The van der Waals surface area contributed by atoms with Gasteiger partial charge in [-0.25, -0.2) is 4.79 Å². The van der Waals surface area contributed by atoms with Crippen LogP contribution >= 0.6 is 0 Å². The van der Waals surface area contributed by atoms with E-state index in [1.807, 2.05) is 0 Å². The van der Waals surface area contributed by atoms with Crippen molar-refractivity contribution in [1.29, 1.82) is 0 Å². The Morgan fingerprint density at radius 3 is 2.50 bits per heavy atom. The van der Waals surface area contributed by atoms with E-state index in [0.29, 0.717) is 11.4 Å². The number of nitrogen functional groups attached to an aromatic ring is 1. The van der Waals surface area contributed by atoms with Gasteiger partial charge in [0.2, 0.25) is 0 Å². The summed E-state index contributed by atoms with van der Waals surface area (Å²) in [5, 5.41) is 17.2. The summed E-state index contributed by atoms with van der Waals surface area (Å²) in [4.78, 5) is 10.2. The Balaban J connectivity index is 2.46. The Kier molecular flexibility index (Phi) is 3.30. The third kappa shape index (κ3) is 2.95. The molecule has 1 unspecified atom stereocenters. The van der Waals surface area contributed by atoms with Crippen molar-refractivity contribution < 1.29 is 19.7 Å². The van der Waals surface area contributed by atoms with Crippen molar-refractivity contribution >= 4 is 11.7 Å². The number of hydrogen-bond donors (Lipinski definition) is 3. The molecule has 76 valence electrons. The summed E-state index contributed by atoms with van der Waals surface area (Å²) in [5.41, 5.74) is 6.03. The van der Waals surface area contributed by atoms with Crippen LogP contribution in [0.1, 0.15) is 0 Å². The molecule has 0 aliphatic rings. The zero-order valence-corrected chi connectivity index (χ0v) is 7.38. The van der Waals surface area contributed by atoms with Gasteiger partial charge < -0.3 is 20.7 Å². The molecule has 0 spiro atoms. The van der Waals surface area contributed by atoms with Crippen LogP contribution in [-0.4, -0.2) is 28.9 Å². The lowest BCUT2D eigenvalue weighted by Gasteiger charge is -2.08. The Labute approximate surface area is 80.7 Å². The quantitative estimate of drug-likeness (QED) is 0.595. The first kappa shape index (κ1) is 10.3. The first-order valence-electron chi connectivity index (χ1n) is 3.99. The van der Waals surface area contributed by atoms with Crippen LogP contribution in [-0.2, 0) is 4.79 Å². The van der Waals surface area contributed by atoms with Gasteiger partial charge in [0, 0.05) is 5.69 Å². The number of carboxylic acids is 1.